The molecule has 1 fully saturated rings. The molecule has 0 aromatic heterocycles. The summed E-state index contributed by atoms with van der Waals surface area (Å²) in [6.07, 6.45) is -8.67. The van der Waals surface area contributed by atoms with Crippen LogP contribution in [0.25, 0.3) is 0 Å². The Kier molecular flexibility index (Phi) is 10.6. The van der Waals surface area contributed by atoms with Crippen molar-refractivity contribution in [1.29, 1.82) is 0 Å². The summed E-state index contributed by atoms with van der Waals surface area (Å²) in [5.74, 6) is -0.510. The summed E-state index contributed by atoms with van der Waals surface area (Å²) < 4.78 is 82.1. The van der Waals surface area contributed by atoms with Crippen LogP contribution in [0, 0.1) is 0 Å². The number of piperidine rings is 1. The zero-order chi connectivity index (χ0) is 32.3. The molecule has 2 atom stereocenters. The molecule has 2 unspecified atom stereocenters. The van der Waals surface area contributed by atoms with Gasteiger partial charge < -0.3 is 11.1 Å². The van der Waals surface area contributed by atoms with Crippen LogP contribution in [0.4, 0.5) is 26.3 Å². The Balaban J connectivity index is 1.70. The fraction of sp³-hybridized carbons (Fsp3) is 0.406. The number of hydrogen-bond donors (Lipinski definition) is 2. The minimum absolute atomic E-state index is 0.0798. The molecule has 238 valence electrons. The van der Waals surface area contributed by atoms with E-state index in [1.165, 1.54) is 6.92 Å². The second-order valence-corrected chi connectivity index (χ2v) is 12.1. The van der Waals surface area contributed by atoms with Crippen LogP contribution in [0.2, 0.25) is 10.0 Å². The first kappa shape index (κ1) is 34.1. The number of nitrogens with two attached hydrogens (primary N) is 1. The van der Waals surface area contributed by atoms with E-state index in [4.69, 9.17) is 28.9 Å². The Bertz CT molecular complexity index is 1410. The van der Waals surface area contributed by atoms with Crippen LogP contribution in [-0.2, 0) is 29.1 Å². The molecule has 1 aliphatic heterocycles. The van der Waals surface area contributed by atoms with Gasteiger partial charge in [-0.15, -0.1) is 0 Å². The van der Waals surface area contributed by atoms with Gasteiger partial charge in [0.15, 0.2) is 0 Å². The van der Waals surface area contributed by atoms with E-state index in [0.29, 0.717) is 42.4 Å². The summed E-state index contributed by atoms with van der Waals surface area (Å²) >= 11 is 12.3. The number of likely N-dealkylation sites (tertiary alicyclic amines) is 1. The topological polar surface area (TPSA) is 58.4 Å². The van der Waals surface area contributed by atoms with E-state index in [1.54, 1.807) is 18.2 Å². The first-order valence-electron chi connectivity index (χ1n) is 14.1. The van der Waals surface area contributed by atoms with E-state index in [1.807, 2.05) is 30.3 Å². The normalized spacial score (nSPS) is 17.2. The maximum atomic E-state index is 13.7. The maximum absolute atomic E-state index is 13.7. The highest BCUT2D eigenvalue weighted by Gasteiger charge is 2.40. The number of alkyl halides is 6. The largest absolute Gasteiger partial charge is 0.416 e. The highest BCUT2D eigenvalue weighted by Crippen LogP contribution is 2.39. The Hall–Kier alpha value is -2.79. The lowest BCUT2D eigenvalue weighted by Crippen LogP contribution is -2.55. The molecule has 1 amide bonds. The Morgan fingerprint density at radius 1 is 0.909 bits per heavy atom. The molecule has 44 heavy (non-hydrogen) atoms. The monoisotopic (exact) mass is 659 g/mol. The lowest BCUT2D eigenvalue weighted by molar-refractivity contribution is -0.143. The average molecular weight is 661 g/mol. The van der Waals surface area contributed by atoms with E-state index in [0.717, 1.165) is 23.3 Å². The number of carbonyl (C=O) groups excluding carboxylic acids is 1. The molecule has 0 spiro atoms. The van der Waals surface area contributed by atoms with E-state index >= 15 is 0 Å². The molecular weight excluding hydrogens is 627 g/mol. The molecule has 12 heteroatoms. The first-order valence-corrected chi connectivity index (χ1v) is 14.9. The standard InChI is InChI=1S/C32H33Cl2F6N3O/c1-20(44)42-30(24-5-3-2-4-6-24)9-11-43(12-10-30)27(16-23(19-41)22-7-8-28(33)29(34)17-22)15-21-13-25(31(35,36)37)18-26(14-21)32(38,39)40/h2-8,13-14,17-18,23,27H,9-12,15-16,19,41H2,1H3,(H,42,44). The van der Waals surface area contributed by atoms with E-state index in [-0.39, 0.29) is 36.4 Å². The van der Waals surface area contributed by atoms with Crippen LogP contribution >= 0.6 is 23.2 Å². The number of carbonyl (C=O) groups is 1. The third-order valence-corrected chi connectivity index (χ3v) is 9.02. The minimum Gasteiger partial charge on any atom is -0.347 e. The molecule has 1 saturated heterocycles. The van der Waals surface area contributed by atoms with Gasteiger partial charge in [-0.3, -0.25) is 9.69 Å². The smallest absolute Gasteiger partial charge is 0.347 e. The lowest BCUT2D eigenvalue weighted by atomic mass is 9.79. The van der Waals surface area contributed by atoms with Gasteiger partial charge in [0.25, 0.3) is 0 Å². The van der Waals surface area contributed by atoms with Crippen molar-refractivity contribution in [3.8, 4) is 0 Å². The van der Waals surface area contributed by atoms with E-state index < -0.39 is 35.1 Å². The number of rotatable bonds is 9. The van der Waals surface area contributed by atoms with Gasteiger partial charge in [-0.1, -0.05) is 59.6 Å². The zero-order valence-corrected chi connectivity index (χ0v) is 25.4. The molecule has 1 aliphatic rings. The lowest BCUT2D eigenvalue weighted by Gasteiger charge is -2.46. The minimum atomic E-state index is -4.95. The second-order valence-electron chi connectivity index (χ2n) is 11.3. The Labute approximate surface area is 262 Å². The van der Waals surface area contributed by atoms with Crippen LogP contribution in [0.1, 0.15) is 59.9 Å². The number of benzene rings is 3. The van der Waals surface area contributed by atoms with Crippen molar-refractivity contribution in [2.24, 2.45) is 5.73 Å². The van der Waals surface area contributed by atoms with Crippen molar-refractivity contribution in [3.05, 3.63) is 105 Å². The van der Waals surface area contributed by atoms with Gasteiger partial charge in [0.05, 0.1) is 26.7 Å². The van der Waals surface area contributed by atoms with Crippen molar-refractivity contribution >= 4 is 29.1 Å². The number of nitrogens with zero attached hydrogens (tertiary/aromatic N) is 1. The first-order chi connectivity index (χ1) is 20.6. The number of nitrogens with one attached hydrogen (secondary N) is 1. The third kappa shape index (κ3) is 8.27. The summed E-state index contributed by atoms with van der Waals surface area (Å²) in [6.45, 7) is 2.47. The van der Waals surface area contributed by atoms with Gasteiger partial charge in [-0.05, 0) is 85.2 Å². The summed E-state index contributed by atoms with van der Waals surface area (Å²) in [4.78, 5) is 14.3. The van der Waals surface area contributed by atoms with Crippen LogP contribution in [-0.4, -0.2) is 36.5 Å². The predicted molar refractivity (Wildman–Crippen MR) is 160 cm³/mol. The molecule has 0 aliphatic carbocycles. The predicted octanol–water partition coefficient (Wildman–Crippen LogP) is 8.20. The summed E-state index contributed by atoms with van der Waals surface area (Å²) in [5, 5.41) is 3.75. The van der Waals surface area contributed by atoms with Crippen LogP contribution in [0.15, 0.2) is 66.7 Å². The molecule has 3 N–H and O–H groups in total. The van der Waals surface area contributed by atoms with Crippen LogP contribution in [0.5, 0.6) is 0 Å². The van der Waals surface area contributed by atoms with Gasteiger partial charge in [0.2, 0.25) is 5.91 Å². The SMILES string of the molecule is CC(=O)NC1(c2ccccc2)CCN(C(Cc2cc(C(F)(F)F)cc(C(F)(F)F)c2)CC(CN)c2ccc(Cl)c(Cl)c2)CC1. The summed E-state index contributed by atoms with van der Waals surface area (Å²) in [6, 6.07) is 15.8. The molecule has 3 aromatic rings. The molecule has 0 radical (unpaired) electrons. The Morgan fingerprint density at radius 3 is 2.00 bits per heavy atom. The summed E-state index contributed by atoms with van der Waals surface area (Å²) in [5.41, 5.74) is 4.40. The fourth-order valence-corrected chi connectivity index (χ4v) is 6.39. The zero-order valence-electron chi connectivity index (χ0n) is 23.9. The Morgan fingerprint density at radius 2 is 1.50 bits per heavy atom. The van der Waals surface area contributed by atoms with E-state index in [2.05, 4.69) is 10.2 Å². The number of amides is 1. The van der Waals surface area contributed by atoms with E-state index in [9.17, 15) is 31.1 Å². The van der Waals surface area contributed by atoms with Gasteiger partial charge in [-0.25, -0.2) is 0 Å². The van der Waals surface area contributed by atoms with Gasteiger partial charge >= 0.3 is 12.4 Å². The van der Waals surface area contributed by atoms with Crippen molar-refractivity contribution in [1.82, 2.24) is 10.2 Å². The van der Waals surface area contributed by atoms with Crippen LogP contribution in [0.3, 0.4) is 0 Å². The molecule has 4 rings (SSSR count). The highest BCUT2D eigenvalue weighted by atomic mass is 35.5. The molecule has 1 heterocycles. The molecule has 3 aromatic carbocycles. The summed E-state index contributed by atoms with van der Waals surface area (Å²) in [7, 11) is 0. The van der Waals surface area contributed by atoms with Gasteiger partial charge in [-0.2, -0.15) is 26.3 Å². The molecular formula is C32H33Cl2F6N3O. The number of halogens is 8. The van der Waals surface area contributed by atoms with Gasteiger partial charge in [0.1, 0.15) is 0 Å². The average Bonchev–Trinajstić information content (AvgIpc) is 2.96. The maximum Gasteiger partial charge on any atom is 0.416 e. The third-order valence-electron chi connectivity index (χ3n) is 8.28. The highest BCUT2D eigenvalue weighted by molar-refractivity contribution is 6.42. The molecule has 4 nitrogen and oxygen atoms in total. The molecule has 0 bridgehead atoms. The van der Waals surface area contributed by atoms with Crippen LogP contribution < -0.4 is 11.1 Å². The van der Waals surface area contributed by atoms with Crippen molar-refractivity contribution in [2.75, 3.05) is 19.6 Å². The molecule has 0 saturated carbocycles. The van der Waals surface area contributed by atoms with Crippen molar-refractivity contribution in [2.45, 2.75) is 62.5 Å². The van der Waals surface area contributed by atoms with Gasteiger partial charge in [0, 0.05) is 26.1 Å². The quantitative estimate of drug-likeness (QED) is 0.228. The fourth-order valence-electron chi connectivity index (χ4n) is 6.08. The van der Waals surface area contributed by atoms with Crippen molar-refractivity contribution in [3.63, 3.8) is 0 Å². The number of hydrogen-bond acceptors (Lipinski definition) is 3. The van der Waals surface area contributed by atoms with Crippen molar-refractivity contribution < 1.29 is 31.1 Å². The second kappa shape index (κ2) is 13.7.